The van der Waals surface area contributed by atoms with Crippen LogP contribution in [0.15, 0.2) is 48.6 Å². The summed E-state index contributed by atoms with van der Waals surface area (Å²) in [4.78, 5) is 15.6. The summed E-state index contributed by atoms with van der Waals surface area (Å²) in [6.07, 6.45) is 8.69. The number of hydrogen-bond donors (Lipinski definition) is 2. The topological polar surface area (TPSA) is 95.9 Å². The van der Waals surface area contributed by atoms with Crippen LogP contribution in [0, 0.1) is 17.8 Å². The molecule has 2 N–H and O–H groups in total. The van der Waals surface area contributed by atoms with Crippen LogP contribution in [0.5, 0.6) is 5.75 Å². The van der Waals surface area contributed by atoms with Crippen LogP contribution in [0.2, 0.25) is 5.02 Å². The highest BCUT2D eigenvalue weighted by atomic mass is 35.5. The zero-order valence-corrected chi connectivity index (χ0v) is 25.3. The van der Waals surface area contributed by atoms with Crippen molar-refractivity contribution in [3.8, 4) is 5.75 Å². The zero-order chi connectivity index (χ0) is 28.9. The van der Waals surface area contributed by atoms with E-state index in [0.717, 1.165) is 49.4 Å². The van der Waals surface area contributed by atoms with Gasteiger partial charge in [-0.05, 0) is 105 Å². The normalized spacial score (nSPS) is 33.8. The second-order valence-electron chi connectivity index (χ2n) is 12.6. The SMILES string of the molecule is C[C@@H]1[C@@H](C)/C=C\C[C@H](O)[C@@H]2CC[C@H]2CN2C[C@@]3(CCCc4cc(Cl)ccc43)COc3ccc(cc32)C(=O)NS1(=O)=O. The van der Waals surface area contributed by atoms with Crippen molar-refractivity contribution in [2.75, 3.05) is 24.6 Å². The second-order valence-corrected chi connectivity index (χ2v) is 15.0. The molecule has 41 heavy (non-hydrogen) atoms. The minimum absolute atomic E-state index is 0.163. The van der Waals surface area contributed by atoms with Crippen LogP contribution in [0.1, 0.15) is 67.4 Å². The number of benzene rings is 2. The lowest BCUT2D eigenvalue weighted by atomic mass is 9.68. The largest absolute Gasteiger partial charge is 0.490 e. The Morgan fingerprint density at radius 1 is 1.15 bits per heavy atom. The van der Waals surface area contributed by atoms with Crippen LogP contribution in [-0.4, -0.2) is 50.5 Å². The molecule has 2 aromatic carbocycles. The van der Waals surface area contributed by atoms with Gasteiger partial charge in [-0.3, -0.25) is 4.79 Å². The summed E-state index contributed by atoms with van der Waals surface area (Å²) < 4.78 is 35.1. The molecule has 1 fully saturated rings. The first-order valence-electron chi connectivity index (χ1n) is 14.8. The summed E-state index contributed by atoms with van der Waals surface area (Å²) in [6.45, 7) is 5.35. The Labute approximate surface area is 248 Å². The average Bonchev–Trinajstić information content (AvgIpc) is 3.06. The molecule has 0 unspecified atom stereocenters. The maximum absolute atomic E-state index is 13.3. The zero-order valence-electron chi connectivity index (χ0n) is 23.7. The number of halogens is 1. The number of carbonyl (C=O) groups is 1. The van der Waals surface area contributed by atoms with Gasteiger partial charge in [0.25, 0.3) is 5.91 Å². The Morgan fingerprint density at radius 3 is 2.76 bits per heavy atom. The van der Waals surface area contributed by atoms with Gasteiger partial charge in [0.05, 0.1) is 23.6 Å². The monoisotopic (exact) mass is 598 g/mol. The molecule has 9 heteroatoms. The fraction of sp³-hybridized carbons (Fsp3) is 0.531. The number of aliphatic hydroxyl groups excluding tert-OH is 1. The van der Waals surface area contributed by atoms with E-state index in [1.54, 1.807) is 25.1 Å². The van der Waals surface area contributed by atoms with Crippen LogP contribution >= 0.6 is 11.6 Å². The molecule has 2 aliphatic carbocycles. The van der Waals surface area contributed by atoms with Gasteiger partial charge >= 0.3 is 0 Å². The van der Waals surface area contributed by atoms with E-state index >= 15 is 0 Å². The minimum Gasteiger partial charge on any atom is -0.490 e. The van der Waals surface area contributed by atoms with E-state index in [2.05, 4.69) is 21.8 Å². The summed E-state index contributed by atoms with van der Waals surface area (Å²) in [5.41, 5.74) is 3.33. The number of ether oxygens (including phenoxy) is 1. The van der Waals surface area contributed by atoms with Gasteiger partial charge in [-0.2, -0.15) is 0 Å². The van der Waals surface area contributed by atoms with Gasteiger partial charge in [0, 0.05) is 29.1 Å². The number of allylic oxidation sites excluding steroid dienone is 1. The predicted molar refractivity (Wildman–Crippen MR) is 161 cm³/mol. The molecule has 1 amide bonds. The van der Waals surface area contributed by atoms with Crippen molar-refractivity contribution in [1.29, 1.82) is 0 Å². The van der Waals surface area contributed by atoms with E-state index in [9.17, 15) is 18.3 Å². The molecule has 2 aromatic rings. The van der Waals surface area contributed by atoms with Crippen LogP contribution in [0.4, 0.5) is 5.69 Å². The molecule has 1 spiro atoms. The summed E-state index contributed by atoms with van der Waals surface area (Å²) in [7, 11) is -3.93. The predicted octanol–water partition coefficient (Wildman–Crippen LogP) is 5.24. The third-order valence-corrected chi connectivity index (χ3v) is 12.1. The highest BCUT2D eigenvalue weighted by Gasteiger charge is 2.44. The van der Waals surface area contributed by atoms with Gasteiger partial charge in [-0.15, -0.1) is 0 Å². The lowest BCUT2D eigenvalue weighted by molar-refractivity contribution is 0.0177. The first kappa shape index (κ1) is 28.6. The number of rotatable bonds is 0. The van der Waals surface area contributed by atoms with Crippen molar-refractivity contribution in [3.05, 3.63) is 70.3 Å². The number of fused-ring (bicyclic) bond motifs is 4. The molecule has 220 valence electrons. The van der Waals surface area contributed by atoms with E-state index in [4.69, 9.17) is 16.3 Å². The van der Waals surface area contributed by atoms with Crippen LogP contribution in [-0.2, 0) is 21.9 Å². The average molecular weight is 599 g/mol. The molecule has 2 bridgehead atoms. The quantitative estimate of drug-likeness (QED) is 0.403. The van der Waals surface area contributed by atoms with Crippen LogP contribution < -0.4 is 14.4 Å². The number of anilines is 1. The van der Waals surface area contributed by atoms with E-state index in [0.29, 0.717) is 31.2 Å². The molecular formula is C32H39ClN2O5S. The summed E-state index contributed by atoms with van der Waals surface area (Å²) in [5.74, 6) is 0.188. The molecule has 6 rings (SSSR count). The lowest BCUT2D eigenvalue weighted by Gasteiger charge is -2.45. The van der Waals surface area contributed by atoms with Gasteiger partial charge in [0.1, 0.15) is 5.75 Å². The highest BCUT2D eigenvalue weighted by molar-refractivity contribution is 7.90. The molecular weight excluding hydrogens is 560 g/mol. The number of hydrogen-bond acceptors (Lipinski definition) is 6. The first-order valence-corrected chi connectivity index (χ1v) is 16.7. The fourth-order valence-electron chi connectivity index (χ4n) is 7.19. The van der Waals surface area contributed by atoms with Crippen LogP contribution in [0.25, 0.3) is 0 Å². The Bertz CT molecular complexity index is 1480. The summed E-state index contributed by atoms with van der Waals surface area (Å²) >= 11 is 6.38. The van der Waals surface area contributed by atoms with E-state index < -0.39 is 27.3 Å². The van der Waals surface area contributed by atoms with E-state index in [1.807, 2.05) is 25.1 Å². The molecule has 1 saturated carbocycles. The molecule has 0 radical (unpaired) electrons. The Hall–Kier alpha value is -2.55. The van der Waals surface area contributed by atoms with Crippen molar-refractivity contribution < 1.29 is 23.1 Å². The molecule has 4 aliphatic rings. The third-order valence-electron chi connectivity index (χ3n) is 10.0. The maximum Gasteiger partial charge on any atom is 0.264 e. The van der Waals surface area contributed by atoms with Crippen molar-refractivity contribution in [2.24, 2.45) is 17.8 Å². The third kappa shape index (κ3) is 5.39. The lowest BCUT2D eigenvalue weighted by Crippen LogP contribution is -2.49. The molecule has 0 saturated heterocycles. The standard InChI is InChI=1S/C32H39ClN2O5S/c1-20-5-3-7-29(36)26-11-8-24(26)17-35-18-32(14-4-6-22-15-25(33)10-12-27(22)32)19-40-30-13-9-23(16-28(30)35)31(37)34-41(38,39)21(20)2/h3,5,9-10,12-13,15-16,20-21,24,26,29,36H,4,6-8,11,14,17-19H2,1-2H3,(H,34,37)/b5-3-/t20-,21+,24-,26+,29-,32-/m0/s1. The van der Waals surface area contributed by atoms with Crippen molar-refractivity contribution in [3.63, 3.8) is 0 Å². The number of amides is 1. The number of aryl methyl sites for hydroxylation is 1. The Morgan fingerprint density at radius 2 is 1.98 bits per heavy atom. The molecule has 2 heterocycles. The van der Waals surface area contributed by atoms with E-state index in [1.165, 1.54) is 11.1 Å². The smallest absolute Gasteiger partial charge is 0.264 e. The minimum atomic E-state index is -3.93. The van der Waals surface area contributed by atoms with Crippen molar-refractivity contribution in [1.82, 2.24) is 4.72 Å². The molecule has 0 aromatic heterocycles. The van der Waals surface area contributed by atoms with Crippen LogP contribution in [0.3, 0.4) is 0 Å². The highest BCUT2D eigenvalue weighted by Crippen LogP contribution is 2.47. The Balaban J connectivity index is 1.42. The Kier molecular flexibility index (Phi) is 7.62. The van der Waals surface area contributed by atoms with Gasteiger partial charge in [0.15, 0.2) is 0 Å². The first-order chi connectivity index (χ1) is 19.6. The second kappa shape index (κ2) is 10.9. The number of nitrogens with zero attached hydrogens (tertiary/aromatic N) is 1. The molecule has 7 nitrogen and oxygen atoms in total. The van der Waals surface area contributed by atoms with Gasteiger partial charge in [-0.25, -0.2) is 13.1 Å². The number of nitrogens with one attached hydrogen (secondary N) is 1. The number of sulfonamides is 1. The summed E-state index contributed by atoms with van der Waals surface area (Å²) in [5, 5.41) is 11.1. The number of aliphatic hydroxyl groups is 1. The molecule has 2 aliphatic heterocycles. The van der Waals surface area contributed by atoms with E-state index in [-0.39, 0.29) is 22.8 Å². The molecule has 6 atom stereocenters. The summed E-state index contributed by atoms with van der Waals surface area (Å²) in [6, 6.07) is 11.4. The maximum atomic E-state index is 13.3. The van der Waals surface area contributed by atoms with Gasteiger partial charge in [-0.1, -0.05) is 36.7 Å². The van der Waals surface area contributed by atoms with Crippen molar-refractivity contribution >= 4 is 33.2 Å². The van der Waals surface area contributed by atoms with Gasteiger partial charge in [0.2, 0.25) is 10.0 Å². The van der Waals surface area contributed by atoms with Crippen molar-refractivity contribution in [2.45, 2.75) is 69.1 Å². The van der Waals surface area contributed by atoms with Gasteiger partial charge < -0.3 is 14.7 Å². The fourth-order valence-corrected chi connectivity index (χ4v) is 8.61. The number of carbonyl (C=O) groups excluding carboxylic acids is 1.